The SMILES string of the molecule is O=C(Cc1ccnc2[nH]c(=O)[nH]c(=O)c12)Nc1nc(-c2cc(F)c(OCC(F)(F)F)c(F)c2)cs1. The number of aromatic amines is 2. The topological polar surface area (TPSA) is 130 Å². The fourth-order valence-corrected chi connectivity index (χ4v) is 3.84. The minimum Gasteiger partial charge on any atom is -0.478 e. The molecule has 15 heteroatoms. The molecule has 1 aromatic carbocycles. The van der Waals surface area contributed by atoms with Crippen LogP contribution in [-0.2, 0) is 11.2 Å². The lowest BCUT2D eigenvalue weighted by atomic mass is 10.1. The number of pyridine rings is 1. The van der Waals surface area contributed by atoms with Gasteiger partial charge in [-0.3, -0.25) is 19.6 Å². The maximum atomic E-state index is 14.1. The molecule has 0 aliphatic heterocycles. The van der Waals surface area contributed by atoms with Gasteiger partial charge in [-0.05, 0) is 23.8 Å². The number of halogens is 5. The summed E-state index contributed by atoms with van der Waals surface area (Å²) in [6.45, 7) is -1.86. The Bertz CT molecular complexity index is 1520. The highest BCUT2D eigenvalue weighted by Gasteiger charge is 2.30. The van der Waals surface area contributed by atoms with Gasteiger partial charge in [0, 0.05) is 17.1 Å². The first-order chi connectivity index (χ1) is 16.5. The number of alkyl halides is 3. The number of hydrogen-bond donors (Lipinski definition) is 3. The van der Waals surface area contributed by atoms with Crippen LogP contribution in [0.3, 0.4) is 0 Å². The van der Waals surface area contributed by atoms with E-state index in [-0.39, 0.29) is 39.4 Å². The lowest BCUT2D eigenvalue weighted by Crippen LogP contribution is -2.24. The Kier molecular flexibility index (Phi) is 6.34. The Morgan fingerprint density at radius 2 is 1.86 bits per heavy atom. The van der Waals surface area contributed by atoms with Crippen LogP contribution in [0.1, 0.15) is 5.56 Å². The smallest absolute Gasteiger partial charge is 0.422 e. The maximum absolute atomic E-state index is 14.1. The number of H-pyrrole nitrogens is 2. The summed E-state index contributed by atoms with van der Waals surface area (Å²) in [6, 6.07) is 2.94. The molecule has 3 aromatic heterocycles. The highest BCUT2D eigenvalue weighted by atomic mass is 32.1. The number of rotatable bonds is 6. The van der Waals surface area contributed by atoms with Crippen molar-refractivity contribution in [2.75, 3.05) is 11.9 Å². The molecular formula is C20H12F5N5O4S. The number of anilines is 1. The standard InChI is InChI=1S/C20H12F5N5O4S/c21-10-3-9(4-11(22)15(10)34-7-20(23,24)25)12-6-35-19(27-12)28-13(31)5-8-1-2-26-16-14(8)17(32)30-18(33)29-16/h1-4,6H,5,7H2,(H,27,28,31)(H2,26,29,30,32,33). The third-order valence-electron chi connectivity index (χ3n) is 4.50. The van der Waals surface area contributed by atoms with E-state index < -0.39 is 47.3 Å². The highest BCUT2D eigenvalue weighted by Crippen LogP contribution is 2.32. The monoisotopic (exact) mass is 513 g/mol. The van der Waals surface area contributed by atoms with Gasteiger partial charge in [0.05, 0.1) is 17.5 Å². The van der Waals surface area contributed by atoms with E-state index in [1.54, 1.807) is 0 Å². The molecule has 0 unspecified atom stereocenters. The lowest BCUT2D eigenvalue weighted by Gasteiger charge is -2.11. The molecule has 4 aromatic rings. The zero-order valence-corrected chi connectivity index (χ0v) is 17.9. The Morgan fingerprint density at radius 3 is 2.54 bits per heavy atom. The van der Waals surface area contributed by atoms with Crippen LogP contribution in [0.15, 0.2) is 39.4 Å². The van der Waals surface area contributed by atoms with Gasteiger partial charge in [0.1, 0.15) is 5.65 Å². The van der Waals surface area contributed by atoms with E-state index in [1.807, 2.05) is 0 Å². The van der Waals surface area contributed by atoms with Gasteiger partial charge >= 0.3 is 11.9 Å². The van der Waals surface area contributed by atoms with Crippen LogP contribution >= 0.6 is 11.3 Å². The number of carbonyl (C=O) groups excluding carboxylic acids is 1. The van der Waals surface area contributed by atoms with Gasteiger partial charge in [0.2, 0.25) is 5.91 Å². The normalized spacial score (nSPS) is 11.6. The van der Waals surface area contributed by atoms with E-state index in [1.165, 1.54) is 17.6 Å². The van der Waals surface area contributed by atoms with E-state index in [2.05, 4.69) is 30.0 Å². The Hall–Kier alpha value is -4.14. The third-order valence-corrected chi connectivity index (χ3v) is 5.26. The first-order valence-corrected chi connectivity index (χ1v) is 10.4. The van der Waals surface area contributed by atoms with Gasteiger partial charge in [-0.15, -0.1) is 11.3 Å². The zero-order chi connectivity index (χ0) is 25.3. The van der Waals surface area contributed by atoms with Gasteiger partial charge in [-0.1, -0.05) is 0 Å². The number of nitrogens with one attached hydrogen (secondary N) is 3. The molecular weight excluding hydrogens is 501 g/mol. The van der Waals surface area contributed by atoms with Crippen molar-refractivity contribution in [2.45, 2.75) is 12.6 Å². The molecule has 0 bridgehead atoms. The van der Waals surface area contributed by atoms with Crippen LogP contribution in [0.5, 0.6) is 5.75 Å². The van der Waals surface area contributed by atoms with Crippen molar-refractivity contribution in [2.24, 2.45) is 0 Å². The largest absolute Gasteiger partial charge is 0.478 e. The Labute approximate surface area is 194 Å². The second-order valence-electron chi connectivity index (χ2n) is 7.04. The molecule has 0 radical (unpaired) electrons. The molecule has 0 saturated carbocycles. The van der Waals surface area contributed by atoms with Crippen LogP contribution in [0, 0.1) is 11.6 Å². The fraction of sp³-hybridized carbons (Fsp3) is 0.150. The molecule has 0 fully saturated rings. The number of amides is 1. The first-order valence-electron chi connectivity index (χ1n) is 9.54. The van der Waals surface area contributed by atoms with Crippen LogP contribution < -0.4 is 21.3 Å². The van der Waals surface area contributed by atoms with Crippen molar-refractivity contribution in [1.82, 2.24) is 19.9 Å². The van der Waals surface area contributed by atoms with Crippen LogP contribution in [0.2, 0.25) is 0 Å². The molecule has 0 aliphatic rings. The molecule has 3 N–H and O–H groups in total. The number of carbonyl (C=O) groups is 1. The summed E-state index contributed by atoms with van der Waals surface area (Å²) in [6.07, 6.45) is -3.74. The molecule has 0 saturated heterocycles. The van der Waals surface area contributed by atoms with Crippen LogP contribution in [-0.4, -0.2) is 38.6 Å². The molecule has 0 spiro atoms. The zero-order valence-electron chi connectivity index (χ0n) is 17.1. The summed E-state index contributed by atoms with van der Waals surface area (Å²) in [5.41, 5.74) is -1.23. The molecule has 4 rings (SSSR count). The second kappa shape index (κ2) is 9.25. The predicted molar refractivity (Wildman–Crippen MR) is 114 cm³/mol. The van der Waals surface area contributed by atoms with Crippen molar-refractivity contribution >= 4 is 33.4 Å². The first kappa shape index (κ1) is 24.0. The van der Waals surface area contributed by atoms with E-state index in [0.29, 0.717) is 0 Å². The van der Waals surface area contributed by atoms with Gasteiger partial charge in [-0.25, -0.2) is 23.5 Å². The molecule has 0 aliphatic carbocycles. The second-order valence-corrected chi connectivity index (χ2v) is 7.90. The van der Waals surface area contributed by atoms with Crippen molar-refractivity contribution in [3.05, 3.63) is 67.8 Å². The van der Waals surface area contributed by atoms with Gasteiger partial charge in [-0.2, -0.15) is 13.2 Å². The lowest BCUT2D eigenvalue weighted by molar-refractivity contribution is -0.154. The average Bonchev–Trinajstić information content (AvgIpc) is 3.20. The van der Waals surface area contributed by atoms with Gasteiger partial charge < -0.3 is 10.1 Å². The van der Waals surface area contributed by atoms with Gasteiger partial charge in [0.15, 0.2) is 29.1 Å². The van der Waals surface area contributed by atoms with Crippen molar-refractivity contribution in [1.29, 1.82) is 0 Å². The molecule has 9 nitrogen and oxygen atoms in total. The predicted octanol–water partition coefficient (Wildman–Crippen LogP) is 3.14. The minimum absolute atomic E-state index is 0.00676. The number of thiazole rings is 1. The number of aromatic nitrogens is 4. The number of benzene rings is 1. The number of ether oxygens (including phenoxy) is 1. The summed E-state index contributed by atoms with van der Waals surface area (Å²) in [4.78, 5) is 48.3. The molecule has 0 atom stereocenters. The summed E-state index contributed by atoms with van der Waals surface area (Å²) in [5.74, 6) is -4.46. The summed E-state index contributed by atoms with van der Waals surface area (Å²) in [5, 5.41) is 3.94. The van der Waals surface area contributed by atoms with Crippen molar-refractivity contribution in [3.8, 4) is 17.0 Å². The van der Waals surface area contributed by atoms with E-state index >= 15 is 0 Å². The van der Waals surface area contributed by atoms with E-state index in [4.69, 9.17) is 0 Å². The number of nitrogens with zero attached hydrogens (tertiary/aromatic N) is 2. The Morgan fingerprint density at radius 1 is 1.14 bits per heavy atom. The van der Waals surface area contributed by atoms with Crippen LogP contribution in [0.25, 0.3) is 22.3 Å². The average molecular weight is 513 g/mol. The van der Waals surface area contributed by atoms with Crippen molar-refractivity contribution in [3.63, 3.8) is 0 Å². The molecule has 3 heterocycles. The van der Waals surface area contributed by atoms with E-state index in [0.717, 1.165) is 23.5 Å². The molecule has 1 amide bonds. The van der Waals surface area contributed by atoms with Crippen LogP contribution in [0.4, 0.5) is 27.1 Å². The quantitative estimate of drug-likeness (QED) is 0.340. The molecule has 35 heavy (non-hydrogen) atoms. The fourth-order valence-electron chi connectivity index (χ4n) is 3.10. The van der Waals surface area contributed by atoms with E-state index in [9.17, 15) is 36.3 Å². The third kappa shape index (κ3) is 5.51. The number of fused-ring (bicyclic) bond motifs is 1. The highest BCUT2D eigenvalue weighted by molar-refractivity contribution is 7.14. The van der Waals surface area contributed by atoms with Crippen molar-refractivity contribution < 1.29 is 31.5 Å². The van der Waals surface area contributed by atoms with Gasteiger partial charge in [0.25, 0.3) is 5.56 Å². The minimum atomic E-state index is -4.77. The Balaban J connectivity index is 1.50. The molecule has 182 valence electrons. The summed E-state index contributed by atoms with van der Waals surface area (Å²) < 4.78 is 69.2. The maximum Gasteiger partial charge on any atom is 0.422 e. The summed E-state index contributed by atoms with van der Waals surface area (Å²) >= 11 is 0.926. The summed E-state index contributed by atoms with van der Waals surface area (Å²) in [7, 11) is 0. The number of hydrogen-bond acceptors (Lipinski definition) is 7.